The van der Waals surface area contributed by atoms with Crippen molar-refractivity contribution in [1.82, 2.24) is 14.7 Å². The molecule has 1 aromatic rings. The van der Waals surface area contributed by atoms with E-state index < -0.39 is 0 Å². The third-order valence-electron chi connectivity index (χ3n) is 5.80. The highest BCUT2D eigenvalue weighted by Crippen LogP contribution is 2.48. The number of likely N-dealkylation sites (tertiary alicyclic amines) is 1. The summed E-state index contributed by atoms with van der Waals surface area (Å²) in [4.78, 5) is 52.8. The Hall–Kier alpha value is -2.77. The van der Waals surface area contributed by atoms with E-state index in [2.05, 4.69) is 0 Å². The van der Waals surface area contributed by atoms with E-state index in [9.17, 15) is 23.6 Å². The Morgan fingerprint density at radius 2 is 1.50 bits per heavy atom. The lowest BCUT2D eigenvalue weighted by atomic mass is 10.1. The van der Waals surface area contributed by atoms with Crippen LogP contribution in [0, 0.1) is 11.7 Å². The minimum atomic E-state index is -0.298. The normalized spacial score (nSPS) is 24.7. The highest BCUT2D eigenvalue weighted by Gasteiger charge is 2.46. The van der Waals surface area contributed by atoms with Crippen LogP contribution in [0.5, 0.6) is 0 Å². The maximum absolute atomic E-state index is 13.0. The summed E-state index contributed by atoms with van der Waals surface area (Å²) in [7, 11) is 0. The molecule has 0 bridgehead atoms. The quantitative estimate of drug-likeness (QED) is 0.715. The molecule has 4 amide bonds. The van der Waals surface area contributed by atoms with Crippen molar-refractivity contribution in [2.75, 3.05) is 32.7 Å². The van der Waals surface area contributed by atoms with Crippen LogP contribution in [-0.2, 0) is 19.2 Å². The summed E-state index contributed by atoms with van der Waals surface area (Å²) in [5, 5.41) is 0. The van der Waals surface area contributed by atoms with Gasteiger partial charge in [-0.25, -0.2) is 4.39 Å². The van der Waals surface area contributed by atoms with Gasteiger partial charge in [-0.3, -0.25) is 24.1 Å². The summed E-state index contributed by atoms with van der Waals surface area (Å²) in [5.74, 6) is -1.00. The predicted octanol–water partition coefficient (Wildman–Crippen LogP) is 0.749. The molecule has 0 unspecified atom stereocenters. The Bertz CT molecular complexity index is 801. The van der Waals surface area contributed by atoms with Gasteiger partial charge in [0.05, 0.1) is 0 Å². The van der Waals surface area contributed by atoms with Crippen LogP contribution in [0.3, 0.4) is 0 Å². The average Bonchev–Trinajstić information content (AvgIpc) is 3.44. The topological polar surface area (TPSA) is 78.0 Å². The molecule has 2 saturated heterocycles. The lowest BCUT2D eigenvalue weighted by Gasteiger charge is -2.35. The number of carbonyl (C=O) groups is 4. The predicted molar refractivity (Wildman–Crippen MR) is 96.4 cm³/mol. The third-order valence-corrected chi connectivity index (χ3v) is 5.80. The van der Waals surface area contributed by atoms with E-state index in [0.29, 0.717) is 26.2 Å². The van der Waals surface area contributed by atoms with Gasteiger partial charge < -0.3 is 9.80 Å². The van der Waals surface area contributed by atoms with Crippen LogP contribution in [-0.4, -0.2) is 71.1 Å². The Morgan fingerprint density at radius 1 is 0.929 bits per heavy atom. The highest BCUT2D eigenvalue weighted by molar-refractivity contribution is 6.04. The van der Waals surface area contributed by atoms with Crippen molar-refractivity contribution in [2.24, 2.45) is 5.92 Å². The van der Waals surface area contributed by atoms with Crippen molar-refractivity contribution >= 4 is 23.6 Å². The molecule has 3 aliphatic rings. The van der Waals surface area contributed by atoms with Crippen molar-refractivity contribution in [1.29, 1.82) is 0 Å². The molecule has 28 heavy (non-hydrogen) atoms. The summed E-state index contributed by atoms with van der Waals surface area (Å²) in [6.45, 7) is 1.47. The number of rotatable bonds is 4. The molecule has 7 nitrogen and oxygen atoms in total. The largest absolute Gasteiger partial charge is 0.339 e. The van der Waals surface area contributed by atoms with Crippen LogP contribution in [0.15, 0.2) is 24.3 Å². The maximum atomic E-state index is 13.0. The molecule has 8 heteroatoms. The number of halogens is 1. The Kier molecular flexibility index (Phi) is 4.87. The molecular formula is C20H22FN3O4. The van der Waals surface area contributed by atoms with E-state index in [-0.39, 0.29) is 60.7 Å². The van der Waals surface area contributed by atoms with Gasteiger partial charge in [-0.05, 0) is 30.0 Å². The van der Waals surface area contributed by atoms with Crippen molar-refractivity contribution in [2.45, 2.75) is 25.2 Å². The molecule has 1 saturated carbocycles. The standard InChI is InChI=1S/C20H22FN3O4/c21-14-3-1-13(2-4-14)15-11-16(15)20(28)23-9-7-22(8-10-23)19(27)12-24-17(25)5-6-18(24)26/h1-4,15-16H,5-12H2/t15-,16+/m0/s1. The van der Waals surface area contributed by atoms with E-state index in [4.69, 9.17) is 0 Å². The zero-order valence-electron chi connectivity index (χ0n) is 15.5. The molecule has 0 radical (unpaired) electrons. The van der Waals surface area contributed by atoms with Gasteiger partial charge in [0.15, 0.2) is 0 Å². The summed E-state index contributed by atoms with van der Waals surface area (Å²) in [5.41, 5.74) is 0.980. The third kappa shape index (κ3) is 3.63. The molecule has 2 atom stereocenters. The lowest BCUT2D eigenvalue weighted by Crippen LogP contribution is -2.53. The minimum absolute atomic E-state index is 0.0753. The molecule has 2 aliphatic heterocycles. The number of nitrogens with zero attached hydrogens (tertiary/aromatic N) is 3. The van der Waals surface area contributed by atoms with Gasteiger partial charge in [0.2, 0.25) is 23.6 Å². The first-order valence-corrected chi connectivity index (χ1v) is 9.59. The van der Waals surface area contributed by atoms with Gasteiger partial charge in [0.25, 0.3) is 0 Å². The second kappa shape index (κ2) is 7.33. The van der Waals surface area contributed by atoms with Gasteiger partial charge in [0.1, 0.15) is 12.4 Å². The van der Waals surface area contributed by atoms with E-state index in [1.165, 1.54) is 12.1 Å². The van der Waals surface area contributed by atoms with Crippen LogP contribution in [0.1, 0.15) is 30.7 Å². The van der Waals surface area contributed by atoms with Gasteiger partial charge in [-0.15, -0.1) is 0 Å². The zero-order chi connectivity index (χ0) is 19.8. The first-order chi connectivity index (χ1) is 13.4. The van der Waals surface area contributed by atoms with Crippen LogP contribution in [0.25, 0.3) is 0 Å². The second-order valence-electron chi connectivity index (χ2n) is 7.58. The molecule has 1 aliphatic carbocycles. The number of imide groups is 1. The van der Waals surface area contributed by atoms with Crippen molar-refractivity contribution in [3.05, 3.63) is 35.6 Å². The SMILES string of the molecule is O=C(CN1C(=O)CCC1=O)N1CCN(C(=O)[C@@H]2C[C@H]2c2ccc(F)cc2)CC1. The summed E-state index contributed by atoms with van der Waals surface area (Å²) in [6, 6.07) is 6.28. The number of carbonyl (C=O) groups excluding carboxylic acids is 4. The summed E-state index contributed by atoms with van der Waals surface area (Å²) in [6.07, 6.45) is 1.11. The second-order valence-corrected chi connectivity index (χ2v) is 7.58. The van der Waals surface area contributed by atoms with Gasteiger partial charge in [-0.1, -0.05) is 12.1 Å². The molecular weight excluding hydrogens is 365 g/mol. The Morgan fingerprint density at radius 3 is 2.11 bits per heavy atom. The van der Waals surface area contributed by atoms with Crippen molar-refractivity contribution in [3.8, 4) is 0 Å². The maximum Gasteiger partial charge on any atom is 0.242 e. The lowest BCUT2D eigenvalue weighted by molar-refractivity contribution is -0.147. The molecule has 4 rings (SSSR count). The van der Waals surface area contributed by atoms with Gasteiger partial charge in [-0.2, -0.15) is 0 Å². The van der Waals surface area contributed by atoms with E-state index >= 15 is 0 Å². The monoisotopic (exact) mass is 387 g/mol. The molecule has 0 N–H and O–H groups in total. The summed E-state index contributed by atoms with van der Waals surface area (Å²) >= 11 is 0. The van der Waals surface area contributed by atoms with Crippen LogP contribution in [0.4, 0.5) is 4.39 Å². The van der Waals surface area contributed by atoms with Crippen molar-refractivity contribution in [3.63, 3.8) is 0 Å². The molecule has 3 fully saturated rings. The van der Waals surface area contributed by atoms with E-state index in [1.807, 2.05) is 0 Å². The number of amides is 4. The minimum Gasteiger partial charge on any atom is -0.339 e. The number of benzene rings is 1. The van der Waals surface area contributed by atoms with Crippen LogP contribution >= 0.6 is 0 Å². The van der Waals surface area contributed by atoms with Crippen LogP contribution in [0.2, 0.25) is 0 Å². The fourth-order valence-electron chi connectivity index (χ4n) is 3.99. The molecule has 2 heterocycles. The number of piperazine rings is 1. The first-order valence-electron chi connectivity index (χ1n) is 9.59. The van der Waals surface area contributed by atoms with Gasteiger partial charge in [0, 0.05) is 44.9 Å². The summed E-state index contributed by atoms with van der Waals surface area (Å²) < 4.78 is 13.0. The fourth-order valence-corrected chi connectivity index (χ4v) is 3.99. The van der Waals surface area contributed by atoms with Gasteiger partial charge >= 0.3 is 0 Å². The fraction of sp³-hybridized carbons (Fsp3) is 0.500. The highest BCUT2D eigenvalue weighted by atomic mass is 19.1. The first kappa shape index (κ1) is 18.6. The Balaban J connectivity index is 1.27. The Labute approximate surface area is 162 Å². The molecule has 1 aromatic carbocycles. The molecule has 148 valence electrons. The van der Waals surface area contributed by atoms with Crippen molar-refractivity contribution < 1.29 is 23.6 Å². The molecule has 0 aromatic heterocycles. The average molecular weight is 387 g/mol. The number of hydrogen-bond donors (Lipinski definition) is 0. The number of hydrogen-bond acceptors (Lipinski definition) is 4. The smallest absolute Gasteiger partial charge is 0.242 e. The van der Waals surface area contributed by atoms with E-state index in [1.54, 1.807) is 21.9 Å². The zero-order valence-corrected chi connectivity index (χ0v) is 15.5. The van der Waals surface area contributed by atoms with Crippen LogP contribution < -0.4 is 0 Å². The van der Waals surface area contributed by atoms with E-state index in [0.717, 1.165) is 16.9 Å². The molecule has 0 spiro atoms.